The molecule has 0 unspecified atom stereocenters. The fourth-order valence-corrected chi connectivity index (χ4v) is 4.83. The summed E-state index contributed by atoms with van der Waals surface area (Å²) in [6.07, 6.45) is 3.52. The van der Waals surface area contributed by atoms with Gasteiger partial charge in [0, 0.05) is 11.3 Å². The predicted molar refractivity (Wildman–Crippen MR) is 109 cm³/mol. The lowest BCUT2D eigenvalue weighted by atomic mass is 9.75. The molecule has 1 aliphatic carbocycles. The Morgan fingerprint density at radius 2 is 2.07 bits per heavy atom. The number of nitrogens with zero attached hydrogens (tertiary/aromatic N) is 2. The van der Waals surface area contributed by atoms with Gasteiger partial charge in [-0.15, -0.1) is 11.8 Å². The van der Waals surface area contributed by atoms with Crippen LogP contribution in [0.5, 0.6) is 0 Å². The van der Waals surface area contributed by atoms with Crippen molar-refractivity contribution in [2.75, 3.05) is 5.75 Å². The third-order valence-corrected chi connectivity index (χ3v) is 6.09. The number of carbonyl (C=O) groups is 2. The monoisotopic (exact) mass is 385 g/mol. The summed E-state index contributed by atoms with van der Waals surface area (Å²) in [4.78, 5) is 25.3. The molecule has 0 fully saturated rings. The summed E-state index contributed by atoms with van der Waals surface area (Å²) < 4.78 is 1.87. The molecule has 2 aromatic rings. The highest BCUT2D eigenvalue weighted by atomic mass is 32.2. The molecular weight excluding hydrogens is 358 g/mol. The van der Waals surface area contributed by atoms with Crippen LogP contribution in [0.3, 0.4) is 0 Å². The smallest absolute Gasteiger partial charge is 0.249 e. The highest BCUT2D eigenvalue weighted by molar-refractivity contribution is 7.99. The van der Waals surface area contributed by atoms with Crippen molar-refractivity contribution in [1.29, 1.82) is 0 Å². The topological polar surface area (TPSA) is 78.0 Å². The van der Waals surface area contributed by atoms with Crippen LogP contribution in [-0.4, -0.2) is 27.2 Å². The number of carbonyl (C=O) groups excluding carboxylic acids is 2. The van der Waals surface area contributed by atoms with Gasteiger partial charge in [-0.1, -0.05) is 27.2 Å². The SMILES string of the molecule is CCCCSc1cc(-n2nc(C)c3c2CC(C)(C)CC3=O)ccc1C(N)=O. The Kier molecular flexibility index (Phi) is 5.47. The molecule has 0 bridgehead atoms. The maximum atomic E-state index is 12.6. The molecule has 144 valence electrons. The summed E-state index contributed by atoms with van der Waals surface area (Å²) in [5.41, 5.74) is 9.37. The van der Waals surface area contributed by atoms with E-state index in [1.165, 1.54) is 0 Å². The highest BCUT2D eigenvalue weighted by Gasteiger charge is 2.35. The maximum absolute atomic E-state index is 12.6. The number of thioether (sulfide) groups is 1. The molecule has 0 saturated heterocycles. The molecule has 0 spiro atoms. The predicted octanol–water partition coefficient (Wildman–Crippen LogP) is 4.33. The van der Waals surface area contributed by atoms with Crippen molar-refractivity contribution in [2.45, 2.75) is 58.3 Å². The summed E-state index contributed by atoms with van der Waals surface area (Å²) in [5, 5.41) is 4.66. The van der Waals surface area contributed by atoms with Gasteiger partial charge in [-0.2, -0.15) is 5.10 Å². The molecule has 5 nitrogen and oxygen atoms in total. The second-order valence-corrected chi connectivity index (χ2v) is 9.14. The Labute approximate surface area is 164 Å². The number of nitrogens with two attached hydrogens (primary N) is 1. The summed E-state index contributed by atoms with van der Waals surface area (Å²) >= 11 is 1.64. The average molecular weight is 386 g/mol. The van der Waals surface area contributed by atoms with Crippen LogP contribution < -0.4 is 5.73 Å². The fourth-order valence-electron chi connectivity index (χ4n) is 3.65. The lowest BCUT2D eigenvalue weighted by Crippen LogP contribution is -2.28. The number of amides is 1. The van der Waals surface area contributed by atoms with Crippen molar-refractivity contribution in [3.8, 4) is 5.69 Å². The number of aromatic nitrogens is 2. The van der Waals surface area contributed by atoms with Gasteiger partial charge in [-0.3, -0.25) is 9.59 Å². The van der Waals surface area contributed by atoms with E-state index in [0.29, 0.717) is 12.0 Å². The van der Waals surface area contributed by atoms with Gasteiger partial charge in [-0.25, -0.2) is 4.68 Å². The van der Waals surface area contributed by atoms with E-state index in [9.17, 15) is 9.59 Å². The minimum atomic E-state index is -0.421. The lowest BCUT2D eigenvalue weighted by molar-refractivity contribution is 0.0909. The van der Waals surface area contributed by atoms with E-state index < -0.39 is 5.91 Å². The van der Waals surface area contributed by atoms with Crippen LogP contribution >= 0.6 is 11.8 Å². The normalized spacial score (nSPS) is 15.6. The minimum absolute atomic E-state index is 0.0832. The van der Waals surface area contributed by atoms with Gasteiger partial charge in [0.1, 0.15) is 0 Å². The Morgan fingerprint density at radius 1 is 1.33 bits per heavy atom. The van der Waals surface area contributed by atoms with Gasteiger partial charge >= 0.3 is 0 Å². The minimum Gasteiger partial charge on any atom is -0.366 e. The molecule has 1 aromatic carbocycles. The van der Waals surface area contributed by atoms with Crippen molar-refractivity contribution in [1.82, 2.24) is 9.78 Å². The van der Waals surface area contributed by atoms with Gasteiger partial charge in [0.25, 0.3) is 0 Å². The number of aryl methyl sites for hydroxylation is 1. The van der Waals surface area contributed by atoms with Crippen molar-refractivity contribution < 1.29 is 9.59 Å². The fraction of sp³-hybridized carbons (Fsp3) is 0.476. The van der Waals surface area contributed by atoms with Crippen LogP contribution in [0.4, 0.5) is 0 Å². The Morgan fingerprint density at radius 3 is 2.74 bits per heavy atom. The summed E-state index contributed by atoms with van der Waals surface area (Å²) in [6.45, 7) is 8.26. The molecule has 0 saturated carbocycles. The number of rotatable bonds is 6. The molecule has 1 aliphatic rings. The van der Waals surface area contributed by atoms with Crippen molar-refractivity contribution in [3.63, 3.8) is 0 Å². The number of unbranched alkanes of at least 4 members (excludes halogenated alkanes) is 1. The number of fused-ring (bicyclic) bond motifs is 1. The number of ketones is 1. The van der Waals surface area contributed by atoms with Crippen LogP contribution in [0.25, 0.3) is 5.69 Å². The summed E-state index contributed by atoms with van der Waals surface area (Å²) in [6, 6.07) is 5.60. The Bertz CT molecular complexity index is 899. The maximum Gasteiger partial charge on any atom is 0.249 e. The van der Waals surface area contributed by atoms with Crippen LogP contribution in [0.15, 0.2) is 23.1 Å². The second kappa shape index (κ2) is 7.50. The first-order valence-electron chi connectivity index (χ1n) is 9.42. The number of benzene rings is 1. The van der Waals surface area contributed by atoms with Crippen molar-refractivity contribution >= 4 is 23.5 Å². The molecule has 0 radical (unpaired) electrons. The molecule has 1 heterocycles. The van der Waals surface area contributed by atoms with Gasteiger partial charge in [0.05, 0.1) is 28.2 Å². The molecule has 2 N–H and O–H groups in total. The third-order valence-electron chi connectivity index (χ3n) is 4.95. The molecular formula is C21H27N3O2S. The van der Waals surface area contributed by atoms with E-state index in [-0.39, 0.29) is 11.2 Å². The van der Waals surface area contributed by atoms with E-state index in [0.717, 1.165) is 52.5 Å². The molecule has 0 aliphatic heterocycles. The first kappa shape index (κ1) is 19.7. The highest BCUT2D eigenvalue weighted by Crippen LogP contribution is 2.37. The number of primary amides is 1. The molecule has 27 heavy (non-hydrogen) atoms. The summed E-state index contributed by atoms with van der Waals surface area (Å²) in [5.74, 6) is 0.675. The largest absolute Gasteiger partial charge is 0.366 e. The van der Waals surface area contributed by atoms with E-state index in [4.69, 9.17) is 5.73 Å². The van der Waals surface area contributed by atoms with Crippen LogP contribution in [0.2, 0.25) is 0 Å². The first-order chi connectivity index (χ1) is 12.7. The third kappa shape index (κ3) is 3.95. The van der Waals surface area contributed by atoms with Gasteiger partial charge < -0.3 is 5.73 Å². The zero-order valence-corrected chi connectivity index (χ0v) is 17.3. The molecule has 1 amide bonds. The van der Waals surface area contributed by atoms with E-state index in [1.54, 1.807) is 17.8 Å². The average Bonchev–Trinajstić information content (AvgIpc) is 2.90. The number of hydrogen-bond acceptors (Lipinski definition) is 4. The molecule has 1 aromatic heterocycles. The quantitative estimate of drug-likeness (QED) is 0.593. The zero-order valence-electron chi connectivity index (χ0n) is 16.5. The number of Topliss-reactive ketones (excluding diaryl/α,β-unsaturated/α-hetero) is 1. The van der Waals surface area contributed by atoms with Crippen molar-refractivity contribution in [3.05, 3.63) is 40.7 Å². The Balaban J connectivity index is 2.07. The van der Waals surface area contributed by atoms with Crippen LogP contribution in [0, 0.1) is 12.3 Å². The van der Waals surface area contributed by atoms with Gasteiger partial charge in [-0.05, 0) is 49.1 Å². The standard InChI is InChI=1S/C21H27N3O2S/c1-5-6-9-27-18-10-14(7-8-15(18)20(22)26)24-16-11-21(3,4)12-17(25)19(16)13(2)23-24/h7-8,10H,5-6,9,11-12H2,1-4H3,(H2,22,26). The lowest BCUT2D eigenvalue weighted by Gasteiger charge is -2.29. The van der Waals surface area contributed by atoms with Crippen molar-refractivity contribution in [2.24, 2.45) is 11.1 Å². The van der Waals surface area contributed by atoms with E-state index in [1.807, 2.05) is 23.7 Å². The van der Waals surface area contributed by atoms with Gasteiger partial charge in [0.2, 0.25) is 5.91 Å². The molecule has 3 rings (SSSR count). The van der Waals surface area contributed by atoms with Gasteiger partial charge in [0.15, 0.2) is 5.78 Å². The van der Waals surface area contributed by atoms with E-state index >= 15 is 0 Å². The Hall–Kier alpha value is -2.08. The van der Waals surface area contributed by atoms with Crippen LogP contribution in [-0.2, 0) is 6.42 Å². The first-order valence-corrected chi connectivity index (χ1v) is 10.4. The van der Waals surface area contributed by atoms with Crippen LogP contribution in [0.1, 0.15) is 72.1 Å². The molecule has 0 atom stereocenters. The van der Waals surface area contributed by atoms with E-state index in [2.05, 4.69) is 25.9 Å². The second-order valence-electron chi connectivity index (χ2n) is 8.01. The zero-order chi connectivity index (χ0) is 19.8. The summed E-state index contributed by atoms with van der Waals surface area (Å²) in [7, 11) is 0. The number of hydrogen-bond donors (Lipinski definition) is 1. The molecule has 6 heteroatoms.